The van der Waals surface area contributed by atoms with Crippen molar-refractivity contribution in [2.24, 2.45) is 0 Å². The molecule has 0 bridgehead atoms. The van der Waals surface area contributed by atoms with Crippen molar-refractivity contribution in [3.63, 3.8) is 0 Å². The van der Waals surface area contributed by atoms with Crippen LogP contribution in [0.5, 0.6) is 17.2 Å². The summed E-state index contributed by atoms with van der Waals surface area (Å²) >= 11 is 0. The van der Waals surface area contributed by atoms with E-state index in [1.807, 2.05) is 18.2 Å². The fraction of sp³-hybridized carbons (Fsp3) is 0.100. The number of hydrogen-bond acceptors (Lipinski definition) is 5. The van der Waals surface area contributed by atoms with E-state index in [0.717, 1.165) is 5.56 Å². The van der Waals surface area contributed by atoms with Crippen molar-refractivity contribution in [2.75, 3.05) is 7.11 Å². The van der Waals surface area contributed by atoms with Crippen LogP contribution in [0.4, 0.5) is 0 Å². The maximum atomic E-state index is 12.1. The average molecular weight is 350 g/mol. The Morgan fingerprint density at radius 2 is 1.96 bits per heavy atom. The van der Waals surface area contributed by atoms with E-state index in [4.69, 9.17) is 10.00 Å². The summed E-state index contributed by atoms with van der Waals surface area (Å²) in [5.74, 6) is 0.0270. The molecule has 2 aromatic carbocycles. The van der Waals surface area contributed by atoms with Crippen LogP contribution in [0.1, 0.15) is 11.1 Å². The highest BCUT2D eigenvalue weighted by atomic mass is 16.5. The summed E-state index contributed by atoms with van der Waals surface area (Å²) in [4.78, 5) is 12.1. The summed E-state index contributed by atoms with van der Waals surface area (Å²) in [5.41, 5.74) is 1.32. The first kappa shape index (κ1) is 18.6. The van der Waals surface area contributed by atoms with Crippen molar-refractivity contribution >= 4 is 12.0 Å². The Hall–Kier alpha value is -3.72. The predicted octanol–water partition coefficient (Wildman–Crippen LogP) is 2.89. The van der Waals surface area contributed by atoms with Crippen LogP contribution >= 0.6 is 0 Å². The number of nitrogens with one attached hydrogen (secondary N) is 1. The molecule has 0 heterocycles. The van der Waals surface area contributed by atoms with Crippen molar-refractivity contribution in [3.8, 4) is 23.3 Å². The summed E-state index contributed by atoms with van der Waals surface area (Å²) < 4.78 is 5.12. The van der Waals surface area contributed by atoms with Crippen LogP contribution in [0.3, 0.4) is 0 Å². The van der Waals surface area contributed by atoms with Crippen LogP contribution in [-0.4, -0.2) is 23.2 Å². The van der Waals surface area contributed by atoms with Crippen LogP contribution in [0.2, 0.25) is 0 Å². The van der Waals surface area contributed by atoms with Gasteiger partial charge >= 0.3 is 0 Å². The zero-order valence-corrected chi connectivity index (χ0v) is 14.1. The molecule has 0 radical (unpaired) electrons. The number of amides is 1. The van der Waals surface area contributed by atoms with E-state index in [-0.39, 0.29) is 23.6 Å². The molecule has 6 nitrogen and oxygen atoms in total. The molecule has 1 amide bonds. The van der Waals surface area contributed by atoms with E-state index in [0.29, 0.717) is 11.3 Å². The maximum absolute atomic E-state index is 12.1. The molecule has 2 aromatic rings. The number of benzene rings is 2. The molecule has 132 valence electrons. The van der Waals surface area contributed by atoms with Crippen molar-refractivity contribution in [1.29, 1.82) is 5.26 Å². The number of hydrogen-bond donors (Lipinski definition) is 3. The highest BCUT2D eigenvalue weighted by molar-refractivity contribution is 5.97. The maximum Gasteiger partial charge on any atom is 0.262 e. The first-order valence-corrected chi connectivity index (χ1v) is 7.74. The van der Waals surface area contributed by atoms with Gasteiger partial charge in [0.1, 0.15) is 28.9 Å². The third kappa shape index (κ3) is 5.42. The fourth-order valence-electron chi connectivity index (χ4n) is 2.19. The molecular formula is C20H18N2O4. The number of allylic oxidation sites excluding steroid dienone is 2. The van der Waals surface area contributed by atoms with Crippen LogP contribution < -0.4 is 10.1 Å². The van der Waals surface area contributed by atoms with E-state index < -0.39 is 5.91 Å². The molecule has 0 atom stereocenters. The van der Waals surface area contributed by atoms with Gasteiger partial charge in [0.2, 0.25) is 0 Å². The number of phenols is 2. The Bertz CT molecular complexity index is 875. The fourth-order valence-corrected chi connectivity index (χ4v) is 2.19. The lowest BCUT2D eigenvalue weighted by atomic mass is 10.1. The number of phenolic OH excluding ortho intramolecular Hbond substituents is 2. The largest absolute Gasteiger partial charge is 0.508 e. The number of nitrogens with zero attached hydrogens (tertiary/aromatic N) is 1. The van der Waals surface area contributed by atoms with Crippen LogP contribution in [0.25, 0.3) is 6.08 Å². The molecule has 0 saturated carbocycles. The number of ether oxygens (including phenoxy) is 1. The lowest BCUT2D eigenvalue weighted by Crippen LogP contribution is -2.23. The zero-order valence-electron chi connectivity index (χ0n) is 14.1. The van der Waals surface area contributed by atoms with Gasteiger partial charge in [-0.2, -0.15) is 5.26 Å². The van der Waals surface area contributed by atoms with Gasteiger partial charge < -0.3 is 20.3 Å². The van der Waals surface area contributed by atoms with Gasteiger partial charge in [-0.15, -0.1) is 0 Å². The van der Waals surface area contributed by atoms with Gasteiger partial charge in [-0.1, -0.05) is 24.3 Å². The average Bonchev–Trinajstić information content (AvgIpc) is 2.62. The summed E-state index contributed by atoms with van der Waals surface area (Å²) in [6.45, 7) is 0.263. The molecule has 0 aromatic heterocycles. The Labute approximate surface area is 151 Å². The summed E-state index contributed by atoms with van der Waals surface area (Å²) in [7, 11) is 1.56. The van der Waals surface area contributed by atoms with Crippen LogP contribution in [0.15, 0.2) is 60.2 Å². The number of aromatic hydroxyl groups is 2. The summed E-state index contributed by atoms with van der Waals surface area (Å²) in [5, 5.41) is 30.7. The highest BCUT2D eigenvalue weighted by Crippen LogP contribution is 2.21. The van der Waals surface area contributed by atoms with Gasteiger partial charge in [-0.05, 0) is 41.5 Å². The Morgan fingerprint density at radius 1 is 1.23 bits per heavy atom. The Kier molecular flexibility index (Phi) is 6.40. The van der Waals surface area contributed by atoms with E-state index in [1.54, 1.807) is 25.3 Å². The monoisotopic (exact) mass is 350 g/mol. The summed E-state index contributed by atoms with van der Waals surface area (Å²) in [6, 6.07) is 13.2. The topological polar surface area (TPSA) is 103 Å². The molecule has 0 saturated heterocycles. The molecular weight excluding hydrogens is 332 g/mol. The molecule has 0 fully saturated rings. The van der Waals surface area contributed by atoms with Gasteiger partial charge in [0, 0.05) is 12.6 Å². The first-order valence-electron chi connectivity index (χ1n) is 7.74. The zero-order chi connectivity index (χ0) is 18.9. The van der Waals surface area contributed by atoms with Gasteiger partial charge in [0.15, 0.2) is 0 Å². The minimum Gasteiger partial charge on any atom is -0.508 e. The van der Waals surface area contributed by atoms with E-state index in [9.17, 15) is 15.0 Å². The number of carbonyl (C=O) groups is 1. The van der Waals surface area contributed by atoms with E-state index >= 15 is 0 Å². The lowest BCUT2D eigenvalue weighted by Gasteiger charge is -2.06. The quantitative estimate of drug-likeness (QED) is 0.422. The Morgan fingerprint density at radius 3 is 2.62 bits per heavy atom. The molecule has 0 aliphatic carbocycles. The molecule has 6 heteroatoms. The molecule has 0 aliphatic rings. The second kappa shape index (κ2) is 8.94. The van der Waals surface area contributed by atoms with Crippen molar-refractivity contribution in [3.05, 3.63) is 71.3 Å². The second-order valence-electron chi connectivity index (χ2n) is 5.37. The molecule has 0 aliphatic heterocycles. The van der Waals surface area contributed by atoms with Gasteiger partial charge in [0.05, 0.1) is 7.11 Å². The minimum absolute atomic E-state index is 0.0616. The van der Waals surface area contributed by atoms with Gasteiger partial charge in [-0.25, -0.2) is 0 Å². The van der Waals surface area contributed by atoms with Gasteiger partial charge in [0.25, 0.3) is 5.91 Å². The first-order chi connectivity index (χ1) is 12.5. The third-order valence-corrected chi connectivity index (χ3v) is 3.43. The van der Waals surface area contributed by atoms with Crippen molar-refractivity contribution in [2.45, 2.75) is 6.54 Å². The molecule has 0 spiro atoms. The smallest absolute Gasteiger partial charge is 0.262 e. The molecule has 3 N–H and O–H groups in total. The van der Waals surface area contributed by atoms with E-state index in [1.165, 1.54) is 30.4 Å². The number of nitriles is 1. The van der Waals surface area contributed by atoms with Crippen molar-refractivity contribution in [1.82, 2.24) is 5.32 Å². The number of carbonyl (C=O) groups excluding carboxylic acids is 1. The Balaban J connectivity index is 2.02. The molecule has 0 unspecified atom stereocenters. The predicted molar refractivity (Wildman–Crippen MR) is 97.3 cm³/mol. The number of rotatable bonds is 6. The standard InChI is InChI=1S/C20H18N2O4/c1-26-19-7-3-5-15(10-19)13-22-20(25)16(12-21)6-2-4-14-8-17(23)11-18(24)9-14/h2-11,23-24H,13H2,1H3,(H,22,25)/b4-2+,16-6+. The molecule has 2 rings (SSSR count). The van der Waals surface area contributed by atoms with E-state index in [2.05, 4.69) is 5.32 Å². The normalized spacial score (nSPS) is 11.2. The van der Waals surface area contributed by atoms with Gasteiger partial charge in [-0.3, -0.25) is 4.79 Å². The van der Waals surface area contributed by atoms with Crippen molar-refractivity contribution < 1.29 is 19.7 Å². The second-order valence-corrected chi connectivity index (χ2v) is 5.37. The third-order valence-electron chi connectivity index (χ3n) is 3.43. The number of methoxy groups -OCH3 is 1. The summed E-state index contributed by atoms with van der Waals surface area (Å²) in [6.07, 6.45) is 4.42. The van der Waals surface area contributed by atoms with Crippen LogP contribution in [-0.2, 0) is 11.3 Å². The highest BCUT2D eigenvalue weighted by Gasteiger charge is 2.07. The minimum atomic E-state index is -0.501. The molecule has 26 heavy (non-hydrogen) atoms. The SMILES string of the molecule is COc1cccc(CNC(=O)/C(C#N)=C/C=C/c2cc(O)cc(O)c2)c1. The van der Waals surface area contributed by atoms with Crippen LogP contribution in [0, 0.1) is 11.3 Å². The lowest BCUT2D eigenvalue weighted by molar-refractivity contribution is -0.117.